The fourth-order valence-electron chi connectivity index (χ4n) is 1.88. The van der Waals surface area contributed by atoms with Crippen molar-refractivity contribution in [2.45, 2.75) is 13.8 Å². The summed E-state index contributed by atoms with van der Waals surface area (Å²) in [6, 6.07) is 3.20. The van der Waals surface area contributed by atoms with Crippen LogP contribution in [0.1, 0.15) is 22.8 Å². The predicted octanol–water partition coefficient (Wildman–Crippen LogP) is 4.02. The summed E-state index contributed by atoms with van der Waals surface area (Å²) in [6.45, 7) is 3.66. The number of anilines is 2. The molecule has 0 aliphatic carbocycles. The summed E-state index contributed by atoms with van der Waals surface area (Å²) >= 11 is 1.22. The highest BCUT2D eigenvalue weighted by molar-refractivity contribution is 7.14. The lowest BCUT2D eigenvalue weighted by Gasteiger charge is -2.08. The summed E-state index contributed by atoms with van der Waals surface area (Å²) in [5.41, 5.74) is 0.737. The molecule has 0 aliphatic rings. The SMILES string of the molecule is CCOC(=O)c1c(C)csc1Nc1ccc(F)cc1[N+](=O)[O-]. The van der Waals surface area contributed by atoms with Gasteiger partial charge in [-0.3, -0.25) is 10.1 Å². The van der Waals surface area contributed by atoms with Crippen LogP contribution in [0.25, 0.3) is 0 Å². The van der Waals surface area contributed by atoms with E-state index in [-0.39, 0.29) is 12.3 Å². The highest BCUT2D eigenvalue weighted by Crippen LogP contribution is 2.34. The molecule has 0 spiro atoms. The molecule has 116 valence electrons. The van der Waals surface area contributed by atoms with Gasteiger partial charge in [0, 0.05) is 0 Å². The van der Waals surface area contributed by atoms with E-state index in [1.165, 1.54) is 17.4 Å². The van der Waals surface area contributed by atoms with Crippen molar-refractivity contribution in [2.75, 3.05) is 11.9 Å². The van der Waals surface area contributed by atoms with Crippen LogP contribution in [-0.4, -0.2) is 17.5 Å². The largest absolute Gasteiger partial charge is 0.462 e. The van der Waals surface area contributed by atoms with Crippen LogP contribution in [0.3, 0.4) is 0 Å². The van der Waals surface area contributed by atoms with Gasteiger partial charge in [-0.05, 0) is 36.9 Å². The quantitative estimate of drug-likeness (QED) is 0.510. The molecule has 8 heteroatoms. The second-order valence-corrected chi connectivity index (χ2v) is 5.27. The summed E-state index contributed by atoms with van der Waals surface area (Å²) in [4.78, 5) is 22.3. The Hall–Kier alpha value is -2.48. The van der Waals surface area contributed by atoms with Crippen LogP contribution in [-0.2, 0) is 4.74 Å². The van der Waals surface area contributed by atoms with Gasteiger partial charge in [0.2, 0.25) is 0 Å². The third-order valence-corrected chi connectivity index (χ3v) is 3.87. The molecular weight excluding hydrogens is 311 g/mol. The number of ether oxygens (including phenoxy) is 1. The Kier molecular flexibility index (Phi) is 4.71. The van der Waals surface area contributed by atoms with Crippen LogP contribution in [0.2, 0.25) is 0 Å². The number of nitrogens with one attached hydrogen (secondary N) is 1. The van der Waals surface area contributed by atoms with Gasteiger partial charge in [-0.25, -0.2) is 9.18 Å². The summed E-state index contributed by atoms with van der Waals surface area (Å²) in [5, 5.41) is 16.0. The van der Waals surface area contributed by atoms with E-state index in [0.29, 0.717) is 16.1 Å². The van der Waals surface area contributed by atoms with Crippen LogP contribution in [0.15, 0.2) is 23.6 Å². The van der Waals surface area contributed by atoms with E-state index in [1.54, 1.807) is 19.2 Å². The molecule has 0 saturated carbocycles. The number of hydrogen-bond donors (Lipinski definition) is 1. The molecule has 0 fully saturated rings. The van der Waals surface area contributed by atoms with Crippen molar-refractivity contribution < 1.29 is 18.8 Å². The molecule has 0 radical (unpaired) electrons. The van der Waals surface area contributed by atoms with E-state index in [0.717, 1.165) is 12.1 Å². The Morgan fingerprint density at radius 2 is 2.23 bits per heavy atom. The molecule has 0 amide bonds. The minimum Gasteiger partial charge on any atom is -0.462 e. The average molecular weight is 324 g/mol. The number of thiophene rings is 1. The second kappa shape index (κ2) is 6.52. The highest BCUT2D eigenvalue weighted by atomic mass is 32.1. The number of aryl methyl sites for hydroxylation is 1. The van der Waals surface area contributed by atoms with Gasteiger partial charge in [0.1, 0.15) is 16.5 Å². The molecule has 1 aromatic carbocycles. The Balaban J connectivity index is 2.40. The van der Waals surface area contributed by atoms with Crippen LogP contribution in [0.5, 0.6) is 0 Å². The van der Waals surface area contributed by atoms with Crippen LogP contribution >= 0.6 is 11.3 Å². The van der Waals surface area contributed by atoms with Crippen LogP contribution < -0.4 is 5.32 Å². The molecule has 6 nitrogen and oxygen atoms in total. The first-order chi connectivity index (χ1) is 10.4. The fraction of sp³-hybridized carbons (Fsp3) is 0.214. The smallest absolute Gasteiger partial charge is 0.341 e. The number of nitro groups is 1. The lowest BCUT2D eigenvalue weighted by molar-refractivity contribution is -0.384. The van der Waals surface area contributed by atoms with Crippen LogP contribution in [0.4, 0.5) is 20.8 Å². The van der Waals surface area contributed by atoms with Gasteiger partial charge in [-0.15, -0.1) is 11.3 Å². The Morgan fingerprint density at radius 3 is 2.86 bits per heavy atom. The number of nitrogens with zero attached hydrogens (tertiary/aromatic N) is 1. The topological polar surface area (TPSA) is 81.5 Å². The summed E-state index contributed by atoms with van der Waals surface area (Å²) in [5.74, 6) is -1.21. The van der Waals surface area contributed by atoms with Crippen LogP contribution in [0, 0.1) is 22.9 Å². The number of hydrogen-bond acceptors (Lipinski definition) is 6. The van der Waals surface area contributed by atoms with E-state index in [1.807, 2.05) is 0 Å². The third kappa shape index (κ3) is 3.22. The monoisotopic (exact) mass is 324 g/mol. The zero-order valence-electron chi connectivity index (χ0n) is 11.9. The molecule has 0 saturated heterocycles. The standard InChI is InChI=1S/C14H13FN2O4S/c1-3-21-14(18)12-8(2)7-22-13(12)16-10-5-4-9(15)6-11(10)17(19)20/h4-7,16H,3H2,1-2H3. The molecule has 1 heterocycles. The Morgan fingerprint density at radius 1 is 1.50 bits per heavy atom. The molecule has 1 N–H and O–H groups in total. The van der Waals surface area contributed by atoms with Crippen molar-refractivity contribution in [3.8, 4) is 0 Å². The van der Waals surface area contributed by atoms with E-state index in [2.05, 4.69) is 5.32 Å². The van der Waals surface area contributed by atoms with Gasteiger partial charge in [-0.2, -0.15) is 0 Å². The molecule has 1 aromatic heterocycles. The zero-order valence-corrected chi connectivity index (χ0v) is 12.7. The molecule has 0 bridgehead atoms. The minimum atomic E-state index is -0.703. The van der Waals surface area contributed by atoms with Crippen molar-refractivity contribution >= 4 is 33.7 Å². The predicted molar refractivity (Wildman–Crippen MR) is 81.3 cm³/mol. The van der Waals surface area contributed by atoms with Crippen molar-refractivity contribution in [3.63, 3.8) is 0 Å². The number of benzene rings is 1. The van der Waals surface area contributed by atoms with E-state index in [4.69, 9.17) is 4.74 Å². The molecule has 2 rings (SSSR count). The molecular formula is C14H13FN2O4S. The van der Waals surface area contributed by atoms with Crippen molar-refractivity contribution in [3.05, 3.63) is 50.6 Å². The van der Waals surface area contributed by atoms with Gasteiger partial charge < -0.3 is 10.1 Å². The maximum Gasteiger partial charge on any atom is 0.341 e. The maximum atomic E-state index is 13.2. The molecule has 0 unspecified atom stereocenters. The number of carbonyl (C=O) groups excluding carboxylic acids is 1. The molecule has 22 heavy (non-hydrogen) atoms. The molecule has 2 aromatic rings. The lowest BCUT2D eigenvalue weighted by Crippen LogP contribution is -2.07. The Bertz CT molecular complexity index is 730. The third-order valence-electron chi connectivity index (χ3n) is 2.86. The van der Waals surface area contributed by atoms with Crippen molar-refractivity contribution in [2.24, 2.45) is 0 Å². The summed E-state index contributed by atoms with van der Waals surface area (Å²) in [7, 11) is 0. The van der Waals surface area contributed by atoms with E-state index in [9.17, 15) is 19.3 Å². The number of carbonyl (C=O) groups is 1. The van der Waals surface area contributed by atoms with Gasteiger partial charge >= 0.3 is 5.97 Å². The first kappa shape index (κ1) is 15.9. The van der Waals surface area contributed by atoms with Crippen molar-refractivity contribution in [1.82, 2.24) is 0 Å². The van der Waals surface area contributed by atoms with Gasteiger partial charge in [0.05, 0.1) is 23.2 Å². The first-order valence-electron chi connectivity index (χ1n) is 6.40. The summed E-state index contributed by atoms with van der Waals surface area (Å²) < 4.78 is 18.1. The van der Waals surface area contributed by atoms with Gasteiger partial charge in [-0.1, -0.05) is 0 Å². The normalized spacial score (nSPS) is 10.3. The number of halogens is 1. The number of nitro benzene ring substituents is 1. The van der Waals surface area contributed by atoms with E-state index >= 15 is 0 Å². The molecule has 0 aliphatic heterocycles. The summed E-state index contributed by atoms with van der Waals surface area (Å²) in [6.07, 6.45) is 0. The average Bonchev–Trinajstić information content (AvgIpc) is 2.82. The van der Waals surface area contributed by atoms with E-state index < -0.39 is 22.4 Å². The number of esters is 1. The highest BCUT2D eigenvalue weighted by Gasteiger charge is 2.21. The Labute approximate surface area is 129 Å². The minimum absolute atomic E-state index is 0.110. The van der Waals surface area contributed by atoms with Crippen molar-refractivity contribution in [1.29, 1.82) is 0 Å². The van der Waals surface area contributed by atoms with Gasteiger partial charge in [0.25, 0.3) is 5.69 Å². The zero-order chi connectivity index (χ0) is 16.3. The maximum absolute atomic E-state index is 13.2. The molecule has 0 atom stereocenters. The fourth-order valence-corrected chi connectivity index (χ4v) is 2.82. The second-order valence-electron chi connectivity index (χ2n) is 4.39. The van der Waals surface area contributed by atoms with Gasteiger partial charge in [0.15, 0.2) is 0 Å². The first-order valence-corrected chi connectivity index (χ1v) is 7.28. The lowest BCUT2D eigenvalue weighted by atomic mass is 10.2. The number of rotatable bonds is 5.